The van der Waals surface area contributed by atoms with Crippen LogP contribution < -0.4 is 5.32 Å². The van der Waals surface area contributed by atoms with E-state index in [2.05, 4.69) is 23.5 Å². The molecule has 2 heteroatoms. The van der Waals surface area contributed by atoms with Gasteiger partial charge in [-0.15, -0.1) is 0 Å². The van der Waals surface area contributed by atoms with Gasteiger partial charge in [-0.05, 0) is 42.4 Å². The number of carbonyl (C=O) groups excluding carboxylic acids is 1. The minimum atomic E-state index is 0.0684. The van der Waals surface area contributed by atoms with Crippen LogP contribution >= 0.6 is 0 Å². The number of rotatable bonds is 3. The molecule has 0 saturated carbocycles. The first kappa shape index (κ1) is 12.2. The van der Waals surface area contributed by atoms with E-state index in [0.717, 1.165) is 25.7 Å². The first-order valence-electron chi connectivity index (χ1n) is 6.54. The third-order valence-corrected chi connectivity index (χ3v) is 3.44. The summed E-state index contributed by atoms with van der Waals surface area (Å²) in [5.74, 6) is 0.212. The molecule has 0 fully saturated rings. The predicted molar refractivity (Wildman–Crippen MR) is 70.6 cm³/mol. The maximum Gasteiger partial charge on any atom is 0.222 e. The molecule has 0 aliphatic heterocycles. The van der Waals surface area contributed by atoms with Gasteiger partial charge >= 0.3 is 0 Å². The van der Waals surface area contributed by atoms with Crippen LogP contribution in [0.4, 0.5) is 0 Å². The van der Waals surface area contributed by atoms with Crippen LogP contribution in [-0.4, -0.2) is 12.5 Å². The molecular formula is C15H21NO. The SMILES string of the molecule is CC(C)C(=O)NCC1=CCCC2=C1CCC=C2. The van der Waals surface area contributed by atoms with E-state index in [9.17, 15) is 4.79 Å². The Morgan fingerprint density at radius 3 is 2.94 bits per heavy atom. The van der Waals surface area contributed by atoms with Crippen molar-refractivity contribution in [1.82, 2.24) is 5.32 Å². The summed E-state index contributed by atoms with van der Waals surface area (Å²) in [5.41, 5.74) is 4.29. The normalized spacial score (nSPS) is 19.1. The lowest BCUT2D eigenvalue weighted by atomic mass is 9.85. The van der Waals surface area contributed by atoms with E-state index >= 15 is 0 Å². The summed E-state index contributed by atoms with van der Waals surface area (Å²) in [7, 11) is 0. The zero-order valence-electron chi connectivity index (χ0n) is 10.8. The molecule has 0 unspecified atom stereocenters. The van der Waals surface area contributed by atoms with Crippen molar-refractivity contribution < 1.29 is 4.79 Å². The van der Waals surface area contributed by atoms with E-state index < -0.39 is 0 Å². The van der Waals surface area contributed by atoms with Gasteiger partial charge in [0.05, 0.1) is 0 Å². The fraction of sp³-hybridized carbons (Fsp3) is 0.533. The molecule has 92 valence electrons. The Balaban J connectivity index is 2.01. The van der Waals surface area contributed by atoms with Crippen LogP contribution in [0.25, 0.3) is 0 Å². The monoisotopic (exact) mass is 231 g/mol. The molecule has 2 aliphatic carbocycles. The molecule has 0 heterocycles. The Morgan fingerprint density at radius 2 is 2.18 bits per heavy atom. The average molecular weight is 231 g/mol. The summed E-state index contributed by atoms with van der Waals surface area (Å²) >= 11 is 0. The van der Waals surface area contributed by atoms with Gasteiger partial charge in [0.25, 0.3) is 0 Å². The summed E-state index contributed by atoms with van der Waals surface area (Å²) in [5, 5.41) is 3.02. The summed E-state index contributed by atoms with van der Waals surface area (Å²) in [6, 6.07) is 0. The zero-order chi connectivity index (χ0) is 12.3. The van der Waals surface area contributed by atoms with Crippen LogP contribution in [0.1, 0.15) is 39.5 Å². The quantitative estimate of drug-likeness (QED) is 0.794. The second-order valence-electron chi connectivity index (χ2n) is 5.09. The van der Waals surface area contributed by atoms with Gasteiger partial charge in [0.15, 0.2) is 0 Å². The van der Waals surface area contributed by atoms with Crippen molar-refractivity contribution in [3.63, 3.8) is 0 Å². The molecular weight excluding hydrogens is 210 g/mol. The molecule has 1 N–H and O–H groups in total. The summed E-state index contributed by atoms with van der Waals surface area (Å²) in [4.78, 5) is 11.6. The number of carbonyl (C=O) groups is 1. The molecule has 0 atom stereocenters. The van der Waals surface area contributed by atoms with E-state index in [1.807, 2.05) is 13.8 Å². The minimum absolute atomic E-state index is 0.0684. The predicted octanol–water partition coefficient (Wildman–Crippen LogP) is 3.13. The van der Waals surface area contributed by atoms with Crippen molar-refractivity contribution in [3.05, 3.63) is 34.9 Å². The Morgan fingerprint density at radius 1 is 1.35 bits per heavy atom. The first-order chi connectivity index (χ1) is 8.18. The van der Waals surface area contributed by atoms with E-state index in [4.69, 9.17) is 0 Å². The third-order valence-electron chi connectivity index (χ3n) is 3.44. The maximum absolute atomic E-state index is 11.6. The van der Waals surface area contributed by atoms with Crippen molar-refractivity contribution in [2.45, 2.75) is 39.5 Å². The van der Waals surface area contributed by atoms with E-state index in [1.165, 1.54) is 16.7 Å². The number of allylic oxidation sites excluding steroid dienone is 4. The summed E-state index contributed by atoms with van der Waals surface area (Å²) < 4.78 is 0. The second kappa shape index (κ2) is 5.35. The molecule has 2 nitrogen and oxygen atoms in total. The third kappa shape index (κ3) is 2.87. The first-order valence-corrected chi connectivity index (χ1v) is 6.54. The van der Waals surface area contributed by atoms with Gasteiger partial charge in [0.2, 0.25) is 5.91 Å². The van der Waals surface area contributed by atoms with Gasteiger partial charge in [0, 0.05) is 12.5 Å². The van der Waals surface area contributed by atoms with Gasteiger partial charge in [-0.25, -0.2) is 0 Å². The fourth-order valence-corrected chi connectivity index (χ4v) is 2.41. The molecule has 0 bridgehead atoms. The van der Waals surface area contributed by atoms with E-state index in [-0.39, 0.29) is 11.8 Å². The fourth-order valence-electron chi connectivity index (χ4n) is 2.41. The Hall–Kier alpha value is -1.31. The maximum atomic E-state index is 11.6. The number of hydrogen-bond donors (Lipinski definition) is 1. The van der Waals surface area contributed by atoms with Crippen molar-refractivity contribution in [2.24, 2.45) is 5.92 Å². The molecule has 1 amide bonds. The highest BCUT2D eigenvalue weighted by Gasteiger charge is 2.17. The zero-order valence-corrected chi connectivity index (χ0v) is 10.8. The highest BCUT2D eigenvalue weighted by molar-refractivity contribution is 5.78. The van der Waals surface area contributed by atoms with Crippen molar-refractivity contribution in [3.8, 4) is 0 Å². The van der Waals surface area contributed by atoms with Crippen LogP contribution in [0.2, 0.25) is 0 Å². The topological polar surface area (TPSA) is 29.1 Å². The largest absolute Gasteiger partial charge is 0.352 e. The molecule has 0 saturated heterocycles. The molecule has 0 aromatic heterocycles. The second-order valence-corrected chi connectivity index (χ2v) is 5.09. The molecule has 0 aromatic rings. The van der Waals surface area contributed by atoms with Crippen molar-refractivity contribution in [1.29, 1.82) is 0 Å². The van der Waals surface area contributed by atoms with E-state index in [0.29, 0.717) is 6.54 Å². The lowest BCUT2D eigenvalue weighted by Crippen LogP contribution is -2.30. The van der Waals surface area contributed by atoms with Crippen LogP contribution in [0, 0.1) is 5.92 Å². The molecule has 2 aliphatic rings. The molecule has 0 spiro atoms. The number of amides is 1. The number of nitrogens with one attached hydrogen (secondary N) is 1. The highest BCUT2D eigenvalue weighted by atomic mass is 16.1. The standard InChI is InChI=1S/C15H21NO/c1-11(2)15(17)16-10-13-8-5-7-12-6-3-4-9-14(12)13/h3,6,8,11H,4-5,7,9-10H2,1-2H3,(H,16,17). The van der Waals surface area contributed by atoms with E-state index in [1.54, 1.807) is 0 Å². The smallest absolute Gasteiger partial charge is 0.222 e. The van der Waals surface area contributed by atoms with Gasteiger partial charge in [0.1, 0.15) is 0 Å². The van der Waals surface area contributed by atoms with Gasteiger partial charge in [-0.1, -0.05) is 32.1 Å². The highest BCUT2D eigenvalue weighted by Crippen LogP contribution is 2.32. The van der Waals surface area contributed by atoms with Gasteiger partial charge in [-0.3, -0.25) is 4.79 Å². The van der Waals surface area contributed by atoms with Crippen LogP contribution in [0.3, 0.4) is 0 Å². The van der Waals surface area contributed by atoms with Gasteiger partial charge in [-0.2, -0.15) is 0 Å². The molecule has 2 rings (SSSR count). The Kier molecular flexibility index (Phi) is 3.82. The lowest BCUT2D eigenvalue weighted by Gasteiger charge is -2.23. The average Bonchev–Trinajstić information content (AvgIpc) is 2.35. The summed E-state index contributed by atoms with van der Waals surface area (Å²) in [6.07, 6.45) is 11.3. The molecule has 0 radical (unpaired) electrons. The number of hydrogen-bond acceptors (Lipinski definition) is 1. The lowest BCUT2D eigenvalue weighted by molar-refractivity contribution is -0.123. The van der Waals surface area contributed by atoms with Crippen LogP contribution in [0.15, 0.2) is 34.9 Å². The van der Waals surface area contributed by atoms with Crippen LogP contribution in [0.5, 0.6) is 0 Å². The minimum Gasteiger partial charge on any atom is -0.352 e. The Labute approximate surface area is 103 Å². The molecule has 0 aromatic carbocycles. The summed E-state index contributed by atoms with van der Waals surface area (Å²) in [6.45, 7) is 4.56. The van der Waals surface area contributed by atoms with Crippen molar-refractivity contribution >= 4 is 5.91 Å². The molecule has 17 heavy (non-hydrogen) atoms. The van der Waals surface area contributed by atoms with Gasteiger partial charge < -0.3 is 5.32 Å². The Bertz CT molecular complexity index is 399. The van der Waals surface area contributed by atoms with Crippen LogP contribution in [-0.2, 0) is 4.79 Å². The van der Waals surface area contributed by atoms with Crippen molar-refractivity contribution in [2.75, 3.05) is 6.54 Å².